The van der Waals surface area contributed by atoms with Crippen molar-refractivity contribution in [3.63, 3.8) is 0 Å². The summed E-state index contributed by atoms with van der Waals surface area (Å²) < 4.78 is 27.3. The molecule has 10 heteroatoms. The van der Waals surface area contributed by atoms with Gasteiger partial charge in [-0.3, -0.25) is 4.90 Å². The van der Waals surface area contributed by atoms with Crippen LogP contribution in [0.2, 0.25) is 0 Å². The van der Waals surface area contributed by atoms with E-state index in [1.54, 1.807) is 0 Å². The van der Waals surface area contributed by atoms with Gasteiger partial charge in [-0.25, -0.2) is 18.6 Å². The van der Waals surface area contributed by atoms with Crippen LogP contribution in [0, 0.1) is 5.92 Å². The van der Waals surface area contributed by atoms with Crippen LogP contribution in [0.1, 0.15) is 51.2 Å². The Hall–Kier alpha value is -3.01. The van der Waals surface area contributed by atoms with E-state index >= 15 is 0 Å². The standard InChI is InChI=1S/C27H39F2N7O/c1-19-16-35(25-32-15-23(24(30)33-25)27(3,28)29)17-20(2)36(19)26(37)31-12-9-21-10-13-34(14-11-21)18-22-7-5-4-6-8-22/h4-8,15,19-21H,9-14,16-18H2,1-3H3,(H,31,37)(H2,30,32,33)/t19-,20?/m1/s1. The molecular weight excluding hydrogens is 476 g/mol. The Labute approximate surface area is 218 Å². The first-order valence-electron chi connectivity index (χ1n) is 13.2. The van der Waals surface area contributed by atoms with E-state index in [1.165, 1.54) is 5.56 Å². The lowest BCUT2D eigenvalue weighted by atomic mass is 9.93. The van der Waals surface area contributed by atoms with Gasteiger partial charge >= 0.3 is 6.03 Å². The van der Waals surface area contributed by atoms with Crippen LogP contribution in [-0.2, 0) is 12.5 Å². The van der Waals surface area contributed by atoms with Crippen molar-refractivity contribution >= 4 is 17.8 Å². The fourth-order valence-corrected chi connectivity index (χ4v) is 5.51. The Morgan fingerprint density at radius 1 is 1.14 bits per heavy atom. The number of carbonyl (C=O) groups excluding carboxylic acids is 1. The number of hydrogen-bond acceptors (Lipinski definition) is 6. The second-order valence-corrected chi connectivity index (χ2v) is 10.6. The maximum Gasteiger partial charge on any atom is 0.318 e. The van der Waals surface area contributed by atoms with Gasteiger partial charge in [-0.1, -0.05) is 30.3 Å². The van der Waals surface area contributed by atoms with Crippen LogP contribution in [0.25, 0.3) is 0 Å². The third-order valence-electron chi connectivity index (χ3n) is 7.50. The Bertz CT molecular complexity index is 1030. The first kappa shape index (κ1) is 27.0. The zero-order valence-corrected chi connectivity index (χ0v) is 22.0. The van der Waals surface area contributed by atoms with Crippen molar-refractivity contribution in [1.82, 2.24) is 25.1 Å². The molecule has 2 aliphatic rings. The summed E-state index contributed by atoms with van der Waals surface area (Å²) in [4.78, 5) is 27.5. The van der Waals surface area contributed by atoms with Crippen LogP contribution in [0.15, 0.2) is 36.5 Å². The number of carbonyl (C=O) groups is 1. The molecule has 0 radical (unpaired) electrons. The van der Waals surface area contributed by atoms with E-state index in [9.17, 15) is 13.6 Å². The van der Waals surface area contributed by atoms with Crippen molar-refractivity contribution in [3.8, 4) is 0 Å². The summed E-state index contributed by atoms with van der Waals surface area (Å²) in [5, 5.41) is 3.12. The highest BCUT2D eigenvalue weighted by Gasteiger charge is 2.35. The van der Waals surface area contributed by atoms with Crippen molar-refractivity contribution in [2.24, 2.45) is 5.92 Å². The molecule has 1 aromatic carbocycles. The van der Waals surface area contributed by atoms with E-state index in [0.717, 1.165) is 52.0 Å². The number of nitrogens with zero attached hydrogens (tertiary/aromatic N) is 5. The molecule has 3 N–H and O–H groups in total. The van der Waals surface area contributed by atoms with Gasteiger partial charge in [0, 0.05) is 51.4 Å². The van der Waals surface area contributed by atoms with Crippen LogP contribution in [0.5, 0.6) is 0 Å². The minimum Gasteiger partial charge on any atom is -0.383 e. The molecule has 2 aromatic rings. The lowest BCUT2D eigenvalue weighted by molar-refractivity contribution is 0.0176. The number of anilines is 2. The number of alkyl halides is 2. The van der Waals surface area contributed by atoms with Crippen LogP contribution in [-0.4, -0.2) is 70.6 Å². The second kappa shape index (κ2) is 11.6. The minimum atomic E-state index is -3.10. The number of piperazine rings is 1. The van der Waals surface area contributed by atoms with Crippen molar-refractivity contribution in [2.75, 3.05) is 43.4 Å². The SMILES string of the molecule is CC1CN(c2ncc(C(C)(F)F)c(N)n2)C[C@@H](C)N1C(=O)NCCC1CCN(Cc2ccccc2)CC1. The first-order chi connectivity index (χ1) is 17.6. The van der Waals surface area contributed by atoms with Gasteiger partial charge in [-0.15, -0.1) is 0 Å². The molecule has 2 fully saturated rings. The largest absolute Gasteiger partial charge is 0.383 e. The van der Waals surface area contributed by atoms with Gasteiger partial charge in [-0.05, 0) is 57.7 Å². The summed E-state index contributed by atoms with van der Waals surface area (Å²) in [5.74, 6) is -2.38. The maximum atomic E-state index is 13.6. The molecule has 1 aromatic heterocycles. The Morgan fingerprint density at radius 2 is 1.78 bits per heavy atom. The predicted octanol–water partition coefficient (Wildman–Crippen LogP) is 4.08. The summed E-state index contributed by atoms with van der Waals surface area (Å²) in [7, 11) is 0. The molecule has 0 bridgehead atoms. The fraction of sp³-hybridized carbons (Fsp3) is 0.593. The quantitative estimate of drug-likeness (QED) is 0.578. The van der Waals surface area contributed by atoms with E-state index in [0.29, 0.717) is 31.5 Å². The summed E-state index contributed by atoms with van der Waals surface area (Å²) in [5.41, 5.74) is 6.76. The van der Waals surface area contributed by atoms with Gasteiger partial charge in [-0.2, -0.15) is 4.98 Å². The van der Waals surface area contributed by atoms with Crippen LogP contribution >= 0.6 is 0 Å². The lowest BCUT2D eigenvalue weighted by Gasteiger charge is -2.44. The maximum absolute atomic E-state index is 13.6. The van der Waals surface area contributed by atoms with E-state index in [4.69, 9.17) is 5.73 Å². The summed E-state index contributed by atoms with van der Waals surface area (Å²) >= 11 is 0. The van der Waals surface area contributed by atoms with Crippen LogP contribution in [0.3, 0.4) is 0 Å². The Morgan fingerprint density at radius 3 is 2.38 bits per heavy atom. The van der Waals surface area contributed by atoms with Crippen molar-refractivity contribution in [2.45, 2.75) is 64.6 Å². The highest BCUT2D eigenvalue weighted by atomic mass is 19.3. The van der Waals surface area contributed by atoms with Gasteiger partial charge in [0.25, 0.3) is 5.92 Å². The van der Waals surface area contributed by atoms with E-state index in [-0.39, 0.29) is 29.5 Å². The number of nitrogens with two attached hydrogens (primary N) is 1. The number of hydrogen-bond donors (Lipinski definition) is 2. The Balaban J connectivity index is 1.22. The molecule has 1 unspecified atom stereocenters. The Kier molecular flexibility index (Phi) is 8.46. The van der Waals surface area contributed by atoms with E-state index in [1.807, 2.05) is 29.7 Å². The molecule has 2 aliphatic heterocycles. The molecule has 0 saturated carbocycles. The smallest absolute Gasteiger partial charge is 0.318 e. The molecule has 0 spiro atoms. The van der Waals surface area contributed by atoms with E-state index < -0.39 is 5.92 Å². The minimum absolute atomic E-state index is 0.0671. The molecule has 2 atom stereocenters. The zero-order chi connectivity index (χ0) is 26.6. The lowest BCUT2D eigenvalue weighted by Crippen LogP contribution is -2.61. The average molecular weight is 516 g/mol. The highest BCUT2D eigenvalue weighted by Crippen LogP contribution is 2.31. The fourth-order valence-electron chi connectivity index (χ4n) is 5.51. The van der Waals surface area contributed by atoms with Crippen molar-refractivity contribution < 1.29 is 13.6 Å². The third kappa shape index (κ3) is 6.85. The molecular formula is C27H39F2N7O. The number of halogens is 2. The number of amides is 2. The molecule has 2 amide bonds. The second-order valence-electron chi connectivity index (χ2n) is 10.6. The van der Waals surface area contributed by atoms with Gasteiger partial charge in [0.15, 0.2) is 0 Å². The van der Waals surface area contributed by atoms with Crippen LogP contribution in [0.4, 0.5) is 25.3 Å². The van der Waals surface area contributed by atoms with Crippen molar-refractivity contribution in [3.05, 3.63) is 47.7 Å². The normalized spacial score (nSPS) is 21.8. The van der Waals surface area contributed by atoms with Gasteiger partial charge in [0.2, 0.25) is 5.95 Å². The number of likely N-dealkylation sites (tertiary alicyclic amines) is 1. The first-order valence-corrected chi connectivity index (χ1v) is 13.2. The molecule has 4 rings (SSSR count). The van der Waals surface area contributed by atoms with E-state index in [2.05, 4.69) is 44.5 Å². The third-order valence-corrected chi connectivity index (χ3v) is 7.50. The number of aromatic nitrogens is 2. The molecule has 0 aliphatic carbocycles. The summed E-state index contributed by atoms with van der Waals surface area (Å²) in [6.45, 7) is 9.56. The number of nitrogens with one attached hydrogen (secondary N) is 1. The molecule has 37 heavy (non-hydrogen) atoms. The van der Waals surface area contributed by atoms with Gasteiger partial charge in [0.1, 0.15) is 5.82 Å². The van der Waals surface area contributed by atoms with Crippen LogP contribution < -0.4 is 16.0 Å². The van der Waals surface area contributed by atoms with Gasteiger partial charge < -0.3 is 20.9 Å². The molecule has 2 saturated heterocycles. The molecule has 3 heterocycles. The highest BCUT2D eigenvalue weighted by molar-refractivity contribution is 5.75. The zero-order valence-electron chi connectivity index (χ0n) is 22.0. The number of piperidine rings is 1. The number of rotatable bonds is 7. The number of nitrogen functional groups attached to an aromatic ring is 1. The predicted molar refractivity (Wildman–Crippen MR) is 141 cm³/mol. The van der Waals surface area contributed by atoms with Gasteiger partial charge in [0.05, 0.1) is 5.56 Å². The number of benzene rings is 1. The average Bonchev–Trinajstić information content (AvgIpc) is 2.84. The van der Waals surface area contributed by atoms with Crippen molar-refractivity contribution in [1.29, 1.82) is 0 Å². The topological polar surface area (TPSA) is 90.6 Å². The number of urea groups is 1. The monoisotopic (exact) mass is 515 g/mol. The molecule has 202 valence electrons. The summed E-state index contributed by atoms with van der Waals surface area (Å²) in [6, 6.07) is 10.3. The summed E-state index contributed by atoms with van der Waals surface area (Å²) in [6.07, 6.45) is 4.38. The molecule has 8 nitrogen and oxygen atoms in total.